The minimum Gasteiger partial charge on any atom is -0.381 e. The summed E-state index contributed by atoms with van der Waals surface area (Å²) in [6.07, 6.45) is 4.73. The van der Waals surface area contributed by atoms with Gasteiger partial charge in [-0.05, 0) is 54.7 Å². The highest BCUT2D eigenvalue weighted by Gasteiger charge is 2.33. The van der Waals surface area contributed by atoms with Gasteiger partial charge in [0.05, 0.1) is 18.3 Å². The maximum Gasteiger partial charge on any atom is 0.257 e. The number of carbonyl (C=O) groups is 2. The van der Waals surface area contributed by atoms with Gasteiger partial charge >= 0.3 is 0 Å². The molecule has 0 bridgehead atoms. The third kappa shape index (κ3) is 6.28. The van der Waals surface area contributed by atoms with Crippen LogP contribution in [0.1, 0.15) is 28.8 Å². The molecule has 0 radical (unpaired) electrons. The highest BCUT2D eigenvalue weighted by atomic mass is 35.5. The fraction of sp³-hybridized carbons (Fsp3) is 0.458. The molecule has 2 aliphatic rings. The lowest BCUT2D eigenvalue weighted by atomic mass is 9.99. The van der Waals surface area contributed by atoms with Gasteiger partial charge < -0.3 is 19.3 Å². The monoisotopic (exact) mass is 475 g/mol. The highest BCUT2D eigenvalue weighted by molar-refractivity contribution is 6.31. The summed E-state index contributed by atoms with van der Waals surface area (Å²) in [5, 5.41) is 0.257. The van der Waals surface area contributed by atoms with Crippen molar-refractivity contribution in [2.75, 3.05) is 39.4 Å². The van der Waals surface area contributed by atoms with Crippen molar-refractivity contribution in [3.63, 3.8) is 0 Å². The highest BCUT2D eigenvalue weighted by Crippen LogP contribution is 2.21. The Morgan fingerprint density at radius 2 is 1.94 bits per heavy atom. The molecule has 2 amide bonds. The molecule has 0 unspecified atom stereocenters. The number of halogens is 2. The lowest BCUT2D eigenvalue weighted by Crippen LogP contribution is -2.42. The van der Waals surface area contributed by atoms with Crippen LogP contribution in [0, 0.1) is 11.7 Å². The van der Waals surface area contributed by atoms with Gasteiger partial charge in [0, 0.05) is 50.3 Å². The first kappa shape index (κ1) is 23.6. The van der Waals surface area contributed by atoms with Crippen LogP contribution < -0.4 is 0 Å². The zero-order chi connectivity index (χ0) is 23.2. The number of nitrogens with zero attached hydrogens (tertiary/aromatic N) is 3. The van der Waals surface area contributed by atoms with Gasteiger partial charge in [-0.2, -0.15) is 0 Å². The van der Waals surface area contributed by atoms with Crippen LogP contribution in [0.2, 0.25) is 5.02 Å². The predicted octanol–water partition coefficient (Wildman–Crippen LogP) is 3.17. The number of pyridine rings is 1. The van der Waals surface area contributed by atoms with E-state index in [1.165, 1.54) is 17.0 Å². The van der Waals surface area contributed by atoms with E-state index < -0.39 is 17.8 Å². The quantitative estimate of drug-likeness (QED) is 0.641. The van der Waals surface area contributed by atoms with Crippen LogP contribution in [0.15, 0.2) is 42.7 Å². The van der Waals surface area contributed by atoms with Crippen LogP contribution in [0.25, 0.3) is 0 Å². The number of hydrogen-bond donors (Lipinski definition) is 0. The molecule has 0 saturated carbocycles. The average Bonchev–Trinajstić information content (AvgIpc) is 2.99. The molecular weight excluding hydrogens is 449 g/mol. The van der Waals surface area contributed by atoms with E-state index in [-0.39, 0.29) is 29.6 Å². The third-order valence-electron chi connectivity index (χ3n) is 6.03. The molecule has 2 saturated heterocycles. The number of carbonyl (C=O) groups excluding carboxylic acids is 2. The second kappa shape index (κ2) is 11.0. The molecule has 0 spiro atoms. The standard InChI is InChI=1S/C24H27ClFN3O4/c25-19-1-2-22(26)21(11-19)24(31)29-14-20(33-16-18-3-7-27-8-4-18)13-28(23(30)15-29)12-17-5-9-32-10-6-17/h1-4,7-8,11,17,20H,5-6,9-10,12-16H2/t20-/m1/s1. The van der Waals surface area contributed by atoms with Gasteiger partial charge in [-0.25, -0.2) is 4.39 Å². The molecule has 7 nitrogen and oxygen atoms in total. The van der Waals surface area contributed by atoms with Gasteiger partial charge in [0.15, 0.2) is 0 Å². The summed E-state index contributed by atoms with van der Waals surface area (Å²) in [5.41, 5.74) is 0.788. The van der Waals surface area contributed by atoms with Crippen molar-refractivity contribution >= 4 is 23.4 Å². The van der Waals surface area contributed by atoms with Crippen molar-refractivity contribution in [1.82, 2.24) is 14.8 Å². The lowest BCUT2D eigenvalue weighted by Gasteiger charge is -2.30. The number of hydrogen-bond acceptors (Lipinski definition) is 5. The van der Waals surface area contributed by atoms with Crippen LogP contribution in [0.5, 0.6) is 0 Å². The fourth-order valence-corrected chi connectivity index (χ4v) is 4.35. The van der Waals surface area contributed by atoms with Crippen molar-refractivity contribution in [2.24, 2.45) is 5.92 Å². The summed E-state index contributed by atoms with van der Waals surface area (Å²) < 4.78 is 25.9. The van der Waals surface area contributed by atoms with Gasteiger partial charge in [0.1, 0.15) is 12.4 Å². The van der Waals surface area contributed by atoms with Gasteiger partial charge in [-0.15, -0.1) is 0 Å². The Bertz CT molecular complexity index is 971. The van der Waals surface area contributed by atoms with Crippen LogP contribution in [-0.4, -0.2) is 72.1 Å². The Balaban J connectivity index is 1.52. The molecule has 0 N–H and O–H groups in total. The van der Waals surface area contributed by atoms with Gasteiger partial charge in [0.2, 0.25) is 5.91 Å². The molecule has 1 atom stereocenters. The van der Waals surface area contributed by atoms with Crippen molar-refractivity contribution in [1.29, 1.82) is 0 Å². The molecule has 1 aromatic heterocycles. The fourth-order valence-electron chi connectivity index (χ4n) is 4.18. The first-order valence-electron chi connectivity index (χ1n) is 11.1. The molecule has 2 aromatic rings. The van der Waals surface area contributed by atoms with E-state index in [9.17, 15) is 14.0 Å². The van der Waals surface area contributed by atoms with Crippen LogP contribution in [0.4, 0.5) is 4.39 Å². The predicted molar refractivity (Wildman–Crippen MR) is 120 cm³/mol. The molecule has 2 aliphatic heterocycles. The molecule has 3 heterocycles. The van der Waals surface area contributed by atoms with E-state index in [1.54, 1.807) is 17.3 Å². The van der Waals surface area contributed by atoms with Gasteiger partial charge in [0.25, 0.3) is 5.91 Å². The van der Waals surface area contributed by atoms with E-state index in [4.69, 9.17) is 21.1 Å². The molecule has 33 heavy (non-hydrogen) atoms. The summed E-state index contributed by atoms with van der Waals surface area (Å²) in [7, 11) is 0. The molecule has 9 heteroatoms. The second-order valence-corrected chi connectivity index (χ2v) is 8.89. The third-order valence-corrected chi connectivity index (χ3v) is 6.26. The maximum atomic E-state index is 14.4. The molecule has 2 fully saturated rings. The average molecular weight is 476 g/mol. The number of benzene rings is 1. The molecule has 176 valence electrons. The largest absolute Gasteiger partial charge is 0.381 e. The Labute approximate surface area is 197 Å². The number of ether oxygens (including phenoxy) is 2. The maximum absolute atomic E-state index is 14.4. The number of amides is 2. The summed E-state index contributed by atoms with van der Waals surface area (Å²) in [4.78, 5) is 33.4. The Kier molecular flexibility index (Phi) is 7.90. The van der Waals surface area contributed by atoms with Crippen molar-refractivity contribution < 1.29 is 23.5 Å². The first-order chi connectivity index (χ1) is 16.0. The van der Waals surface area contributed by atoms with Gasteiger partial charge in [-0.1, -0.05) is 11.6 Å². The zero-order valence-corrected chi connectivity index (χ0v) is 19.0. The van der Waals surface area contributed by atoms with Crippen LogP contribution >= 0.6 is 11.6 Å². The van der Waals surface area contributed by atoms with Crippen molar-refractivity contribution in [3.05, 3.63) is 64.7 Å². The van der Waals surface area contributed by atoms with Crippen LogP contribution in [-0.2, 0) is 20.9 Å². The van der Waals surface area contributed by atoms with E-state index in [2.05, 4.69) is 4.98 Å². The minimum absolute atomic E-state index is 0.136. The molecule has 4 rings (SSSR count). The summed E-state index contributed by atoms with van der Waals surface area (Å²) in [6, 6.07) is 7.54. The summed E-state index contributed by atoms with van der Waals surface area (Å²) in [5.74, 6) is -1.08. The topological polar surface area (TPSA) is 72.0 Å². The first-order valence-corrected chi connectivity index (χ1v) is 11.5. The molecular formula is C24H27ClFN3O4. The zero-order valence-electron chi connectivity index (χ0n) is 18.3. The molecule has 0 aliphatic carbocycles. The summed E-state index contributed by atoms with van der Waals surface area (Å²) >= 11 is 5.99. The van der Waals surface area contributed by atoms with Crippen molar-refractivity contribution in [3.8, 4) is 0 Å². The Morgan fingerprint density at radius 3 is 2.70 bits per heavy atom. The SMILES string of the molecule is O=C1CN(C(=O)c2cc(Cl)ccc2F)C[C@H](OCc2ccncc2)CN1CC1CCOCC1. The Hall–Kier alpha value is -2.55. The second-order valence-electron chi connectivity index (χ2n) is 8.45. The van der Waals surface area contributed by atoms with Crippen LogP contribution in [0.3, 0.4) is 0 Å². The van der Waals surface area contributed by atoms with E-state index >= 15 is 0 Å². The number of rotatable bonds is 6. The smallest absolute Gasteiger partial charge is 0.257 e. The normalized spacial score (nSPS) is 20.1. The van der Waals surface area contributed by atoms with E-state index in [1.807, 2.05) is 12.1 Å². The van der Waals surface area contributed by atoms with E-state index in [0.29, 0.717) is 38.8 Å². The molecule has 1 aromatic carbocycles. The van der Waals surface area contributed by atoms with Gasteiger partial charge in [-0.3, -0.25) is 14.6 Å². The Morgan fingerprint density at radius 1 is 1.18 bits per heavy atom. The minimum atomic E-state index is -0.672. The summed E-state index contributed by atoms with van der Waals surface area (Å²) in [6.45, 7) is 2.68. The van der Waals surface area contributed by atoms with Crippen molar-refractivity contribution in [2.45, 2.75) is 25.6 Å². The lowest BCUT2D eigenvalue weighted by molar-refractivity contribution is -0.132. The van der Waals surface area contributed by atoms with E-state index in [0.717, 1.165) is 24.5 Å². The number of aromatic nitrogens is 1.